The molecule has 138 valence electrons. The molecule has 1 aromatic carbocycles. The SMILES string of the molecule is CC(C)(C)OC(=O)NC1CCCN(C(=O)CCc2cccc(N)c2)C1. The van der Waals surface area contributed by atoms with Crippen LogP contribution in [0.4, 0.5) is 10.5 Å². The Morgan fingerprint density at radius 1 is 1.36 bits per heavy atom. The smallest absolute Gasteiger partial charge is 0.407 e. The number of likely N-dealkylation sites (tertiary alicyclic amines) is 1. The van der Waals surface area contributed by atoms with Crippen LogP contribution in [0.5, 0.6) is 0 Å². The van der Waals surface area contributed by atoms with Gasteiger partial charge in [-0.15, -0.1) is 0 Å². The first-order valence-electron chi connectivity index (χ1n) is 8.84. The molecule has 0 spiro atoms. The molecule has 1 saturated heterocycles. The average Bonchev–Trinajstić information content (AvgIpc) is 2.51. The van der Waals surface area contributed by atoms with E-state index < -0.39 is 11.7 Å². The van der Waals surface area contributed by atoms with Crippen LogP contribution in [-0.2, 0) is 16.0 Å². The van der Waals surface area contributed by atoms with Crippen molar-refractivity contribution in [3.8, 4) is 0 Å². The maximum absolute atomic E-state index is 12.5. The Morgan fingerprint density at radius 3 is 2.80 bits per heavy atom. The van der Waals surface area contributed by atoms with E-state index in [9.17, 15) is 9.59 Å². The van der Waals surface area contributed by atoms with Crippen LogP contribution in [-0.4, -0.2) is 41.6 Å². The van der Waals surface area contributed by atoms with Crippen LogP contribution in [0.25, 0.3) is 0 Å². The first-order valence-corrected chi connectivity index (χ1v) is 8.84. The fourth-order valence-corrected chi connectivity index (χ4v) is 2.95. The van der Waals surface area contributed by atoms with Gasteiger partial charge in [-0.25, -0.2) is 4.79 Å². The van der Waals surface area contributed by atoms with Crippen molar-refractivity contribution in [2.24, 2.45) is 0 Å². The minimum absolute atomic E-state index is 0.0556. The third-order valence-corrected chi connectivity index (χ3v) is 4.07. The molecule has 1 atom stereocenters. The molecule has 25 heavy (non-hydrogen) atoms. The number of carbonyl (C=O) groups excluding carboxylic acids is 2. The van der Waals surface area contributed by atoms with Crippen molar-refractivity contribution in [2.45, 2.75) is 58.1 Å². The Hall–Kier alpha value is -2.24. The van der Waals surface area contributed by atoms with Crippen molar-refractivity contribution in [3.05, 3.63) is 29.8 Å². The molecule has 6 nitrogen and oxygen atoms in total. The maximum Gasteiger partial charge on any atom is 0.407 e. The van der Waals surface area contributed by atoms with Gasteiger partial charge in [-0.05, 0) is 57.7 Å². The second-order valence-corrected chi connectivity index (χ2v) is 7.57. The molecule has 3 N–H and O–H groups in total. The van der Waals surface area contributed by atoms with E-state index in [-0.39, 0.29) is 11.9 Å². The molecule has 1 aliphatic rings. The van der Waals surface area contributed by atoms with Crippen molar-refractivity contribution in [2.75, 3.05) is 18.8 Å². The Bertz CT molecular complexity index is 610. The lowest BCUT2D eigenvalue weighted by atomic mass is 10.0. The van der Waals surface area contributed by atoms with Gasteiger partial charge in [-0.3, -0.25) is 4.79 Å². The van der Waals surface area contributed by atoms with E-state index in [0.29, 0.717) is 25.1 Å². The summed E-state index contributed by atoms with van der Waals surface area (Å²) in [5.74, 6) is 0.109. The fourth-order valence-electron chi connectivity index (χ4n) is 2.95. The van der Waals surface area contributed by atoms with Crippen LogP contribution in [0.2, 0.25) is 0 Å². The Labute approximate surface area is 149 Å². The van der Waals surface area contributed by atoms with Gasteiger partial charge < -0.3 is 20.7 Å². The van der Waals surface area contributed by atoms with Gasteiger partial charge in [0.15, 0.2) is 0 Å². The van der Waals surface area contributed by atoms with Crippen LogP contribution in [0.15, 0.2) is 24.3 Å². The number of aryl methyl sites for hydroxylation is 1. The molecular formula is C19H29N3O3. The highest BCUT2D eigenvalue weighted by Gasteiger charge is 2.26. The predicted molar refractivity (Wildman–Crippen MR) is 98.1 cm³/mol. The molecule has 0 radical (unpaired) electrons. The normalized spacial score (nSPS) is 17.9. The molecule has 0 bridgehead atoms. The van der Waals surface area contributed by atoms with E-state index in [1.54, 1.807) is 0 Å². The van der Waals surface area contributed by atoms with Crippen LogP contribution in [0.3, 0.4) is 0 Å². The summed E-state index contributed by atoms with van der Waals surface area (Å²) in [4.78, 5) is 26.2. The van der Waals surface area contributed by atoms with Gasteiger partial charge in [0, 0.05) is 31.2 Å². The van der Waals surface area contributed by atoms with Crippen molar-refractivity contribution in [3.63, 3.8) is 0 Å². The summed E-state index contributed by atoms with van der Waals surface area (Å²) in [5, 5.41) is 2.87. The van der Waals surface area contributed by atoms with Gasteiger partial charge in [0.25, 0.3) is 0 Å². The van der Waals surface area contributed by atoms with Gasteiger partial charge in [0.2, 0.25) is 5.91 Å². The van der Waals surface area contributed by atoms with E-state index in [2.05, 4.69) is 5.32 Å². The highest BCUT2D eigenvalue weighted by molar-refractivity contribution is 5.77. The van der Waals surface area contributed by atoms with Crippen molar-refractivity contribution < 1.29 is 14.3 Å². The summed E-state index contributed by atoms with van der Waals surface area (Å²) in [6.45, 7) is 6.77. The van der Waals surface area contributed by atoms with E-state index in [0.717, 1.165) is 24.9 Å². The van der Waals surface area contributed by atoms with Crippen LogP contribution >= 0.6 is 0 Å². The number of nitrogen functional groups attached to an aromatic ring is 1. The minimum atomic E-state index is -0.522. The van der Waals surface area contributed by atoms with Gasteiger partial charge in [-0.2, -0.15) is 0 Å². The predicted octanol–water partition coefficient (Wildman–Crippen LogP) is 2.72. The van der Waals surface area contributed by atoms with Crippen LogP contribution < -0.4 is 11.1 Å². The molecular weight excluding hydrogens is 318 g/mol. The molecule has 0 aliphatic carbocycles. The van der Waals surface area contributed by atoms with E-state index in [1.807, 2.05) is 49.9 Å². The molecule has 1 heterocycles. The third-order valence-electron chi connectivity index (χ3n) is 4.07. The zero-order valence-electron chi connectivity index (χ0n) is 15.4. The number of hydrogen-bond acceptors (Lipinski definition) is 4. The van der Waals surface area contributed by atoms with Crippen molar-refractivity contribution in [1.29, 1.82) is 0 Å². The van der Waals surface area contributed by atoms with E-state index in [4.69, 9.17) is 10.5 Å². The number of hydrogen-bond donors (Lipinski definition) is 2. The highest BCUT2D eigenvalue weighted by atomic mass is 16.6. The van der Waals surface area contributed by atoms with Gasteiger partial charge >= 0.3 is 6.09 Å². The van der Waals surface area contributed by atoms with Crippen molar-refractivity contribution >= 4 is 17.7 Å². The van der Waals surface area contributed by atoms with Gasteiger partial charge in [0.05, 0.1) is 0 Å². The summed E-state index contributed by atoms with van der Waals surface area (Å²) >= 11 is 0. The molecule has 1 aliphatic heterocycles. The quantitative estimate of drug-likeness (QED) is 0.820. The number of nitrogens with one attached hydrogen (secondary N) is 1. The molecule has 2 rings (SSSR count). The third kappa shape index (κ3) is 6.64. The number of nitrogens with two attached hydrogens (primary N) is 1. The lowest BCUT2D eigenvalue weighted by Crippen LogP contribution is -2.50. The molecule has 6 heteroatoms. The fraction of sp³-hybridized carbons (Fsp3) is 0.579. The minimum Gasteiger partial charge on any atom is -0.444 e. The average molecular weight is 347 g/mol. The summed E-state index contributed by atoms with van der Waals surface area (Å²) in [6, 6.07) is 7.56. The summed E-state index contributed by atoms with van der Waals surface area (Å²) in [5.41, 5.74) is 7.02. The van der Waals surface area contributed by atoms with Crippen LogP contribution in [0.1, 0.15) is 45.6 Å². The number of piperidine rings is 1. The lowest BCUT2D eigenvalue weighted by molar-refractivity contribution is -0.132. The number of carbonyl (C=O) groups is 2. The highest BCUT2D eigenvalue weighted by Crippen LogP contribution is 2.15. The van der Waals surface area contributed by atoms with Crippen LogP contribution in [0, 0.1) is 0 Å². The second-order valence-electron chi connectivity index (χ2n) is 7.57. The summed E-state index contributed by atoms with van der Waals surface area (Å²) in [6.07, 6.45) is 2.43. The molecule has 0 saturated carbocycles. The second kappa shape index (κ2) is 8.23. The molecule has 2 amide bonds. The van der Waals surface area contributed by atoms with Gasteiger partial charge in [0.1, 0.15) is 5.60 Å². The first-order chi connectivity index (χ1) is 11.7. The largest absolute Gasteiger partial charge is 0.444 e. The standard InChI is InChI=1S/C19H29N3O3/c1-19(2,3)25-18(24)21-16-8-5-11-22(13-16)17(23)10-9-14-6-4-7-15(20)12-14/h4,6-7,12,16H,5,8-11,13,20H2,1-3H3,(H,21,24). The summed E-state index contributed by atoms with van der Waals surface area (Å²) in [7, 11) is 0. The topological polar surface area (TPSA) is 84.7 Å². The summed E-state index contributed by atoms with van der Waals surface area (Å²) < 4.78 is 5.29. The number of alkyl carbamates (subject to hydrolysis) is 1. The molecule has 1 aromatic rings. The van der Waals surface area contributed by atoms with Gasteiger partial charge in [-0.1, -0.05) is 12.1 Å². The maximum atomic E-state index is 12.5. The number of benzene rings is 1. The van der Waals surface area contributed by atoms with Crippen molar-refractivity contribution in [1.82, 2.24) is 10.2 Å². The van der Waals surface area contributed by atoms with E-state index >= 15 is 0 Å². The lowest BCUT2D eigenvalue weighted by Gasteiger charge is -2.33. The molecule has 1 unspecified atom stereocenters. The number of amides is 2. The number of nitrogens with zero attached hydrogens (tertiary/aromatic N) is 1. The number of ether oxygens (including phenoxy) is 1. The zero-order valence-corrected chi connectivity index (χ0v) is 15.4. The Morgan fingerprint density at radius 2 is 2.12 bits per heavy atom. The zero-order chi connectivity index (χ0) is 18.4. The Balaban J connectivity index is 1.81. The first kappa shape index (κ1) is 19.1. The Kier molecular flexibility index (Phi) is 6.28. The van der Waals surface area contributed by atoms with E-state index in [1.165, 1.54) is 0 Å². The molecule has 1 fully saturated rings. The monoisotopic (exact) mass is 347 g/mol. The number of anilines is 1. The molecule has 0 aromatic heterocycles. The number of rotatable bonds is 4.